The number of amides is 2. The fraction of sp³-hybridized carbons (Fsp3) is 0.467. The molecule has 0 aliphatic carbocycles. The highest BCUT2D eigenvalue weighted by Crippen LogP contribution is 2.19. The highest BCUT2D eigenvalue weighted by atomic mass is 16.5. The average molecular weight is 291 g/mol. The molecular weight excluding hydrogens is 270 g/mol. The molecule has 0 saturated carbocycles. The van der Waals surface area contributed by atoms with E-state index in [1.807, 2.05) is 12.1 Å². The summed E-state index contributed by atoms with van der Waals surface area (Å²) in [5.41, 5.74) is 6.95. The van der Waals surface area contributed by atoms with Crippen LogP contribution in [-0.4, -0.2) is 38.1 Å². The van der Waals surface area contributed by atoms with Crippen LogP contribution in [0.25, 0.3) is 0 Å². The first-order valence-corrected chi connectivity index (χ1v) is 7.19. The van der Waals surface area contributed by atoms with Crippen molar-refractivity contribution < 1.29 is 14.3 Å². The maximum atomic E-state index is 11.7. The molecule has 1 fully saturated rings. The van der Waals surface area contributed by atoms with Crippen LogP contribution in [0.4, 0.5) is 11.4 Å². The number of morpholine rings is 1. The van der Waals surface area contributed by atoms with Gasteiger partial charge in [0.1, 0.15) is 6.61 Å². The number of carbonyl (C=O) groups is 2. The third-order valence-electron chi connectivity index (χ3n) is 3.31. The van der Waals surface area contributed by atoms with Gasteiger partial charge in [-0.15, -0.1) is 0 Å². The minimum atomic E-state index is -0.0418. The quantitative estimate of drug-likeness (QED) is 0.769. The largest absolute Gasteiger partial charge is 0.370 e. The summed E-state index contributed by atoms with van der Waals surface area (Å²) >= 11 is 0. The maximum absolute atomic E-state index is 11.7. The van der Waals surface area contributed by atoms with Crippen molar-refractivity contribution in [3.63, 3.8) is 0 Å². The van der Waals surface area contributed by atoms with Gasteiger partial charge in [0.25, 0.3) is 5.91 Å². The van der Waals surface area contributed by atoms with Gasteiger partial charge in [-0.25, -0.2) is 0 Å². The number of anilines is 2. The summed E-state index contributed by atoms with van der Waals surface area (Å²) in [6.07, 6.45) is 2.12. The van der Waals surface area contributed by atoms with Gasteiger partial charge in [0, 0.05) is 24.3 Å². The average Bonchev–Trinajstić information content (AvgIpc) is 2.49. The summed E-state index contributed by atoms with van der Waals surface area (Å²) in [6, 6.07) is 7.27. The summed E-state index contributed by atoms with van der Waals surface area (Å²) in [4.78, 5) is 25.1. The topological polar surface area (TPSA) is 84.7 Å². The number of benzene rings is 1. The lowest BCUT2D eigenvalue weighted by atomic mass is 10.2. The number of ether oxygens (including phenoxy) is 1. The molecule has 1 aliphatic heterocycles. The van der Waals surface area contributed by atoms with Crippen LogP contribution < -0.4 is 16.0 Å². The van der Waals surface area contributed by atoms with Crippen LogP contribution in [0, 0.1) is 0 Å². The molecule has 0 unspecified atom stereocenters. The summed E-state index contributed by atoms with van der Waals surface area (Å²) < 4.78 is 5.10. The fourth-order valence-corrected chi connectivity index (χ4v) is 2.17. The number of hydrogen-bond acceptors (Lipinski definition) is 4. The Morgan fingerprint density at radius 2 is 2.05 bits per heavy atom. The van der Waals surface area contributed by atoms with Crippen LogP contribution in [0.5, 0.6) is 0 Å². The Kier molecular flexibility index (Phi) is 5.71. The fourth-order valence-electron chi connectivity index (χ4n) is 2.17. The molecule has 0 bridgehead atoms. The lowest BCUT2D eigenvalue weighted by Crippen LogP contribution is -2.41. The lowest BCUT2D eigenvalue weighted by Gasteiger charge is -2.26. The summed E-state index contributed by atoms with van der Waals surface area (Å²) in [6.45, 7) is 1.84. The van der Waals surface area contributed by atoms with Gasteiger partial charge >= 0.3 is 0 Å². The molecule has 1 aromatic carbocycles. The number of nitrogens with two attached hydrogens (primary N) is 1. The molecule has 6 nitrogen and oxygen atoms in total. The molecule has 1 aliphatic rings. The third kappa shape index (κ3) is 4.54. The van der Waals surface area contributed by atoms with Gasteiger partial charge in [-0.1, -0.05) is 0 Å². The van der Waals surface area contributed by atoms with E-state index in [4.69, 9.17) is 10.5 Å². The lowest BCUT2D eigenvalue weighted by molar-refractivity contribution is -0.125. The smallest absolute Gasteiger partial charge is 0.253 e. The zero-order chi connectivity index (χ0) is 15.1. The number of nitrogens with zero attached hydrogens (tertiary/aromatic N) is 1. The van der Waals surface area contributed by atoms with Crippen LogP contribution >= 0.6 is 0 Å². The SMILES string of the molecule is NCCCCC(=O)Nc1ccc(N2CCOCC2=O)cc1. The first kappa shape index (κ1) is 15.5. The van der Waals surface area contributed by atoms with Crippen molar-refractivity contribution in [3.05, 3.63) is 24.3 Å². The number of hydrogen-bond donors (Lipinski definition) is 2. The Bertz CT molecular complexity index is 487. The van der Waals surface area contributed by atoms with E-state index in [9.17, 15) is 9.59 Å². The van der Waals surface area contributed by atoms with Crippen molar-refractivity contribution in [3.8, 4) is 0 Å². The van der Waals surface area contributed by atoms with Gasteiger partial charge in [0.05, 0.1) is 6.61 Å². The van der Waals surface area contributed by atoms with Crippen molar-refractivity contribution >= 4 is 23.2 Å². The minimum Gasteiger partial charge on any atom is -0.370 e. The monoisotopic (exact) mass is 291 g/mol. The third-order valence-corrected chi connectivity index (χ3v) is 3.31. The van der Waals surface area contributed by atoms with Crippen molar-refractivity contribution in [2.45, 2.75) is 19.3 Å². The van der Waals surface area contributed by atoms with Crippen molar-refractivity contribution in [1.29, 1.82) is 0 Å². The number of nitrogens with one attached hydrogen (secondary N) is 1. The molecule has 1 heterocycles. The molecule has 1 saturated heterocycles. The van der Waals surface area contributed by atoms with E-state index in [0.29, 0.717) is 26.1 Å². The number of unbranched alkanes of at least 4 members (excludes halogenated alkanes) is 1. The molecule has 0 radical (unpaired) electrons. The van der Waals surface area contributed by atoms with E-state index in [1.165, 1.54) is 0 Å². The maximum Gasteiger partial charge on any atom is 0.253 e. The Labute approximate surface area is 124 Å². The Morgan fingerprint density at radius 3 is 2.71 bits per heavy atom. The van der Waals surface area contributed by atoms with Gasteiger partial charge in [-0.2, -0.15) is 0 Å². The number of rotatable bonds is 6. The summed E-state index contributed by atoms with van der Waals surface area (Å²) in [5.74, 6) is -0.0570. The van der Waals surface area contributed by atoms with E-state index >= 15 is 0 Å². The molecule has 1 aromatic rings. The van der Waals surface area contributed by atoms with E-state index in [-0.39, 0.29) is 18.4 Å². The Morgan fingerprint density at radius 1 is 1.29 bits per heavy atom. The van der Waals surface area contributed by atoms with Crippen LogP contribution in [0.1, 0.15) is 19.3 Å². The second-order valence-corrected chi connectivity index (χ2v) is 4.94. The number of carbonyl (C=O) groups excluding carboxylic acids is 2. The zero-order valence-corrected chi connectivity index (χ0v) is 12.0. The predicted molar refractivity (Wildman–Crippen MR) is 81.1 cm³/mol. The van der Waals surface area contributed by atoms with E-state index in [0.717, 1.165) is 24.2 Å². The summed E-state index contributed by atoms with van der Waals surface area (Å²) in [7, 11) is 0. The molecule has 0 spiro atoms. The van der Waals surface area contributed by atoms with Gasteiger partial charge in [-0.3, -0.25) is 9.59 Å². The van der Waals surface area contributed by atoms with Gasteiger partial charge in [-0.05, 0) is 43.7 Å². The molecule has 2 amide bonds. The van der Waals surface area contributed by atoms with Gasteiger partial charge in [0.2, 0.25) is 5.91 Å². The molecule has 6 heteroatoms. The predicted octanol–water partition coefficient (Wildman–Crippen LogP) is 1.12. The van der Waals surface area contributed by atoms with Gasteiger partial charge < -0.3 is 20.7 Å². The highest BCUT2D eigenvalue weighted by Gasteiger charge is 2.19. The molecule has 114 valence electrons. The first-order chi connectivity index (χ1) is 10.2. The standard InChI is InChI=1S/C15H21N3O3/c16-8-2-1-3-14(19)17-12-4-6-13(7-5-12)18-9-10-21-11-15(18)20/h4-7H,1-3,8-11,16H2,(H,17,19). The zero-order valence-electron chi connectivity index (χ0n) is 12.0. The summed E-state index contributed by atoms with van der Waals surface area (Å²) in [5, 5.41) is 2.83. The van der Waals surface area contributed by atoms with Crippen molar-refractivity contribution in [2.24, 2.45) is 5.73 Å². The highest BCUT2D eigenvalue weighted by molar-refractivity contribution is 5.95. The molecule has 21 heavy (non-hydrogen) atoms. The Hall–Kier alpha value is -1.92. The van der Waals surface area contributed by atoms with Gasteiger partial charge in [0.15, 0.2) is 0 Å². The van der Waals surface area contributed by atoms with E-state index in [1.54, 1.807) is 17.0 Å². The molecule has 0 atom stereocenters. The second kappa shape index (κ2) is 7.75. The normalized spacial score (nSPS) is 15.1. The van der Waals surface area contributed by atoms with Crippen LogP contribution in [0.15, 0.2) is 24.3 Å². The van der Waals surface area contributed by atoms with E-state index in [2.05, 4.69) is 5.32 Å². The Balaban J connectivity index is 1.89. The van der Waals surface area contributed by atoms with E-state index < -0.39 is 0 Å². The van der Waals surface area contributed by atoms with Crippen molar-refractivity contribution in [1.82, 2.24) is 0 Å². The van der Waals surface area contributed by atoms with Crippen molar-refractivity contribution in [2.75, 3.05) is 36.5 Å². The van der Waals surface area contributed by atoms with Crippen LogP contribution in [0.3, 0.4) is 0 Å². The van der Waals surface area contributed by atoms with Crippen LogP contribution in [0.2, 0.25) is 0 Å². The molecule has 2 rings (SSSR count). The van der Waals surface area contributed by atoms with Crippen LogP contribution in [-0.2, 0) is 14.3 Å². The molecular formula is C15H21N3O3. The molecule has 0 aromatic heterocycles. The minimum absolute atomic E-state index is 0.0151. The second-order valence-electron chi connectivity index (χ2n) is 4.94. The first-order valence-electron chi connectivity index (χ1n) is 7.19. The molecule has 3 N–H and O–H groups in total.